The molecule has 2 aliphatic heterocycles. The van der Waals surface area contributed by atoms with Crippen LogP contribution in [-0.4, -0.2) is 67.3 Å². The molecule has 0 spiro atoms. The van der Waals surface area contributed by atoms with Crippen LogP contribution >= 0.6 is 11.3 Å². The van der Waals surface area contributed by atoms with Crippen molar-refractivity contribution in [2.75, 3.05) is 30.4 Å². The van der Waals surface area contributed by atoms with Crippen LogP contribution in [-0.2, 0) is 21.4 Å². The van der Waals surface area contributed by atoms with E-state index in [1.165, 1.54) is 18.4 Å². The highest BCUT2D eigenvalue weighted by Gasteiger charge is 2.41. The quantitative estimate of drug-likeness (QED) is 0.361. The first-order valence-electron chi connectivity index (χ1n) is 13.7. The van der Waals surface area contributed by atoms with Gasteiger partial charge in [-0.2, -0.15) is 0 Å². The minimum Gasteiger partial charge on any atom is -0.331 e. The van der Waals surface area contributed by atoms with Gasteiger partial charge < -0.3 is 15.5 Å². The molecule has 2 amide bonds. The van der Waals surface area contributed by atoms with E-state index < -0.39 is 10.0 Å². The van der Waals surface area contributed by atoms with Crippen LogP contribution in [0.1, 0.15) is 48.3 Å². The Labute approximate surface area is 243 Å². The average molecular weight is 596 g/mol. The number of nitrogens with zero attached hydrogens (tertiary/aromatic N) is 4. The van der Waals surface area contributed by atoms with Crippen molar-refractivity contribution in [3.8, 4) is 10.4 Å². The first-order chi connectivity index (χ1) is 19.6. The van der Waals surface area contributed by atoms with Crippen LogP contribution in [0, 0.1) is 12.8 Å². The predicted octanol–water partition coefficient (Wildman–Crippen LogP) is 3.24. The summed E-state index contributed by atoms with van der Waals surface area (Å²) in [4.78, 5) is 39.5. The number of carbonyl (C=O) groups excluding carboxylic acids is 2. The molecule has 0 bridgehead atoms. The zero-order valence-corrected chi connectivity index (χ0v) is 25.0. The largest absolute Gasteiger partial charge is 0.331 e. The third-order valence-corrected chi connectivity index (χ3v) is 10.6. The number of thiazole rings is 1. The molecule has 0 radical (unpaired) electrons. The highest BCUT2D eigenvalue weighted by Crippen LogP contribution is 2.42. The van der Waals surface area contributed by atoms with Gasteiger partial charge in [-0.25, -0.2) is 23.1 Å². The van der Waals surface area contributed by atoms with E-state index in [2.05, 4.69) is 25.3 Å². The maximum atomic E-state index is 13.4. The Morgan fingerprint density at radius 3 is 2.68 bits per heavy atom. The van der Waals surface area contributed by atoms with E-state index in [1.807, 2.05) is 45.0 Å². The number of pyridine rings is 1. The van der Waals surface area contributed by atoms with Crippen molar-refractivity contribution in [1.82, 2.24) is 24.9 Å². The highest BCUT2D eigenvalue weighted by molar-refractivity contribution is 7.89. The number of fused-ring (bicyclic) bond motifs is 1. The van der Waals surface area contributed by atoms with Crippen molar-refractivity contribution in [3.05, 3.63) is 47.2 Å². The van der Waals surface area contributed by atoms with Crippen molar-refractivity contribution >= 4 is 49.9 Å². The number of rotatable bonds is 8. The number of amides is 2. The Balaban J connectivity index is 1.32. The average Bonchev–Trinajstić information content (AvgIpc) is 3.67. The SMILES string of the molecule is CNS(=O)(=O)c1cc(-c2sc(Nc3cccc(N4CC(C)NCC4=O)n3)nc2C)cc2c1C(=O)N([C@@H](C)C1CC1)C2. The molecule has 1 unspecified atom stereocenters. The van der Waals surface area contributed by atoms with Crippen LogP contribution in [0.3, 0.4) is 0 Å². The molecule has 2 fully saturated rings. The third-order valence-electron chi connectivity index (χ3n) is 8.02. The summed E-state index contributed by atoms with van der Waals surface area (Å²) in [6.45, 7) is 7.12. The predicted molar refractivity (Wildman–Crippen MR) is 158 cm³/mol. The Bertz CT molecular complexity index is 1650. The number of hydrogen-bond acceptors (Lipinski definition) is 9. The highest BCUT2D eigenvalue weighted by atomic mass is 32.2. The van der Waals surface area contributed by atoms with Gasteiger partial charge in [0.15, 0.2) is 5.13 Å². The molecule has 216 valence electrons. The molecule has 13 heteroatoms. The summed E-state index contributed by atoms with van der Waals surface area (Å²) in [7, 11) is -2.54. The number of nitrogens with one attached hydrogen (secondary N) is 3. The Morgan fingerprint density at radius 2 is 1.95 bits per heavy atom. The fourth-order valence-corrected chi connectivity index (χ4v) is 7.49. The van der Waals surface area contributed by atoms with Gasteiger partial charge in [-0.15, -0.1) is 0 Å². The van der Waals surface area contributed by atoms with Crippen LogP contribution in [0.25, 0.3) is 10.4 Å². The molecular weight excluding hydrogens is 562 g/mol. The van der Waals surface area contributed by atoms with Crippen LogP contribution in [0.5, 0.6) is 0 Å². The van der Waals surface area contributed by atoms with Gasteiger partial charge in [-0.3, -0.25) is 14.5 Å². The van der Waals surface area contributed by atoms with Gasteiger partial charge in [-0.05, 0) is 82.0 Å². The topological polar surface area (TPSA) is 137 Å². The third kappa shape index (κ3) is 5.23. The number of aryl methyl sites for hydroxylation is 1. The van der Waals surface area contributed by atoms with E-state index in [4.69, 9.17) is 0 Å². The normalized spacial score (nSPS) is 20.0. The summed E-state index contributed by atoms with van der Waals surface area (Å²) in [5, 5.41) is 6.99. The minimum atomic E-state index is -3.89. The van der Waals surface area contributed by atoms with Gasteiger partial charge >= 0.3 is 0 Å². The monoisotopic (exact) mass is 595 g/mol. The standard InChI is InChI=1S/C28H33N7O4S2/c1-15-13-35(24(36)12-30-15)23-7-5-6-22(32-23)33-28-31-16(2)26(40-28)19-10-20-14-34(17(3)18-8-9-18)27(37)25(20)21(11-19)41(38,39)29-4/h5-7,10-11,15,17-18,29-30H,8-9,12-14H2,1-4H3,(H,31,32,33)/t15?,17-/m0/s1. The fraction of sp³-hybridized carbons (Fsp3) is 0.429. The smallest absolute Gasteiger partial charge is 0.256 e. The molecule has 2 aromatic heterocycles. The summed E-state index contributed by atoms with van der Waals surface area (Å²) in [6, 6.07) is 9.18. The second kappa shape index (κ2) is 10.5. The summed E-state index contributed by atoms with van der Waals surface area (Å²) >= 11 is 1.38. The Hall–Kier alpha value is -3.39. The summed E-state index contributed by atoms with van der Waals surface area (Å²) in [5.41, 5.74) is 2.38. The molecule has 1 aromatic carbocycles. The van der Waals surface area contributed by atoms with Crippen LogP contribution < -0.4 is 20.3 Å². The van der Waals surface area contributed by atoms with Gasteiger partial charge in [0.1, 0.15) is 11.6 Å². The molecule has 6 rings (SSSR count). The molecule has 3 N–H and O–H groups in total. The van der Waals surface area contributed by atoms with E-state index in [-0.39, 0.29) is 40.9 Å². The molecule has 1 saturated heterocycles. The molecular formula is C28H33N7O4S2. The van der Waals surface area contributed by atoms with Crippen molar-refractivity contribution in [1.29, 1.82) is 0 Å². The van der Waals surface area contributed by atoms with E-state index >= 15 is 0 Å². The molecule has 1 aliphatic carbocycles. The number of anilines is 3. The number of carbonyl (C=O) groups is 2. The molecule has 3 aliphatic rings. The van der Waals surface area contributed by atoms with Crippen LogP contribution in [0.15, 0.2) is 35.2 Å². The molecule has 41 heavy (non-hydrogen) atoms. The van der Waals surface area contributed by atoms with Crippen LogP contribution in [0.4, 0.5) is 16.8 Å². The number of benzene rings is 1. The molecule has 4 heterocycles. The second-order valence-corrected chi connectivity index (χ2v) is 13.8. The van der Waals surface area contributed by atoms with Crippen molar-refractivity contribution in [2.45, 2.75) is 57.1 Å². The fourth-order valence-electron chi connectivity index (χ4n) is 5.54. The molecule has 3 aromatic rings. The number of piperazine rings is 1. The second-order valence-electron chi connectivity index (χ2n) is 11.0. The lowest BCUT2D eigenvalue weighted by atomic mass is 10.0. The summed E-state index contributed by atoms with van der Waals surface area (Å²) in [5.74, 6) is 1.32. The van der Waals surface area contributed by atoms with Crippen molar-refractivity contribution in [3.63, 3.8) is 0 Å². The van der Waals surface area contributed by atoms with E-state index in [9.17, 15) is 18.0 Å². The lowest BCUT2D eigenvalue weighted by molar-refractivity contribution is -0.118. The maximum Gasteiger partial charge on any atom is 0.256 e. The van der Waals surface area contributed by atoms with Gasteiger partial charge in [0.2, 0.25) is 15.9 Å². The molecule has 11 nitrogen and oxygen atoms in total. The van der Waals surface area contributed by atoms with Gasteiger partial charge in [0.25, 0.3) is 5.91 Å². The lowest BCUT2D eigenvalue weighted by Gasteiger charge is -2.31. The summed E-state index contributed by atoms with van der Waals surface area (Å²) in [6.07, 6.45) is 2.18. The number of sulfonamides is 1. The van der Waals surface area contributed by atoms with Gasteiger partial charge in [-0.1, -0.05) is 17.4 Å². The first-order valence-corrected chi connectivity index (χ1v) is 16.0. The van der Waals surface area contributed by atoms with Gasteiger partial charge in [0.05, 0.1) is 27.6 Å². The van der Waals surface area contributed by atoms with E-state index in [0.29, 0.717) is 46.9 Å². The van der Waals surface area contributed by atoms with Crippen molar-refractivity contribution < 1.29 is 18.0 Å². The zero-order chi connectivity index (χ0) is 29.1. The molecule has 1 saturated carbocycles. The number of hydrogen-bond donors (Lipinski definition) is 3. The van der Waals surface area contributed by atoms with Crippen LogP contribution in [0.2, 0.25) is 0 Å². The van der Waals surface area contributed by atoms with E-state index in [0.717, 1.165) is 23.4 Å². The molecule has 2 atom stereocenters. The Kier molecular flexibility index (Phi) is 7.09. The zero-order valence-electron chi connectivity index (χ0n) is 23.4. The van der Waals surface area contributed by atoms with Gasteiger partial charge in [0, 0.05) is 25.2 Å². The summed E-state index contributed by atoms with van der Waals surface area (Å²) < 4.78 is 28.6. The van der Waals surface area contributed by atoms with Crippen molar-refractivity contribution in [2.24, 2.45) is 5.92 Å². The minimum absolute atomic E-state index is 0.00501. The maximum absolute atomic E-state index is 13.4. The first kappa shape index (κ1) is 27.8. The van der Waals surface area contributed by atoms with E-state index in [1.54, 1.807) is 15.9 Å². The number of aromatic nitrogens is 2. The lowest BCUT2D eigenvalue weighted by Crippen LogP contribution is -2.53. The Morgan fingerprint density at radius 1 is 1.17 bits per heavy atom.